The van der Waals surface area contributed by atoms with Crippen LogP contribution >= 0.6 is 11.8 Å². The zero-order valence-corrected chi connectivity index (χ0v) is 12.7. The lowest BCUT2D eigenvalue weighted by Crippen LogP contribution is -2.28. The first-order valence-electron chi connectivity index (χ1n) is 6.93. The lowest BCUT2D eigenvalue weighted by molar-refractivity contribution is -0.121. The summed E-state index contributed by atoms with van der Waals surface area (Å²) in [5, 5.41) is 12.5. The van der Waals surface area contributed by atoms with E-state index in [1.54, 1.807) is 25.6 Å². The van der Waals surface area contributed by atoms with Gasteiger partial charge in [0.1, 0.15) is 0 Å². The molecule has 2 atom stereocenters. The predicted molar refractivity (Wildman–Crippen MR) is 77.8 cm³/mol. The fourth-order valence-corrected chi connectivity index (χ4v) is 3.32. The zero-order chi connectivity index (χ0) is 13.6. The lowest BCUT2D eigenvalue weighted by Gasteiger charge is -2.16. The van der Waals surface area contributed by atoms with Crippen molar-refractivity contribution >= 4 is 17.7 Å². The maximum atomic E-state index is 11.7. The van der Waals surface area contributed by atoms with Crippen LogP contribution in [0.3, 0.4) is 0 Å². The molecule has 1 rings (SSSR count). The summed E-state index contributed by atoms with van der Waals surface area (Å²) in [4.78, 5) is 11.7. The van der Waals surface area contributed by atoms with Crippen molar-refractivity contribution in [3.63, 3.8) is 0 Å². The van der Waals surface area contributed by atoms with Gasteiger partial charge in [0.15, 0.2) is 0 Å². The molecule has 0 spiro atoms. The molecule has 0 saturated heterocycles. The summed E-state index contributed by atoms with van der Waals surface area (Å²) in [7, 11) is 0. The summed E-state index contributed by atoms with van der Waals surface area (Å²) in [6, 6.07) is 0. The van der Waals surface area contributed by atoms with Crippen LogP contribution in [0.25, 0.3) is 0 Å². The van der Waals surface area contributed by atoms with Gasteiger partial charge in [0, 0.05) is 24.5 Å². The van der Waals surface area contributed by atoms with Gasteiger partial charge in [-0.3, -0.25) is 4.79 Å². The molecule has 1 aliphatic rings. The molecule has 1 amide bonds. The van der Waals surface area contributed by atoms with Crippen molar-refractivity contribution in [2.75, 3.05) is 18.1 Å². The lowest BCUT2D eigenvalue weighted by atomic mass is 10.0. The molecule has 0 bridgehead atoms. The van der Waals surface area contributed by atoms with Gasteiger partial charge in [-0.1, -0.05) is 13.3 Å². The van der Waals surface area contributed by atoms with Crippen LogP contribution in [0.5, 0.6) is 0 Å². The van der Waals surface area contributed by atoms with Crippen LogP contribution in [0.2, 0.25) is 0 Å². The highest BCUT2D eigenvalue weighted by molar-refractivity contribution is 7.99. The van der Waals surface area contributed by atoms with E-state index in [0.29, 0.717) is 24.6 Å². The van der Waals surface area contributed by atoms with E-state index in [-0.39, 0.29) is 5.91 Å². The molecule has 2 N–H and O–H groups in total. The van der Waals surface area contributed by atoms with Gasteiger partial charge < -0.3 is 10.4 Å². The van der Waals surface area contributed by atoms with E-state index in [1.807, 2.05) is 0 Å². The molecule has 0 radical (unpaired) electrons. The Balaban J connectivity index is 2.00. The van der Waals surface area contributed by atoms with Crippen LogP contribution in [0.15, 0.2) is 0 Å². The molecular weight excluding hydrogens is 246 g/mol. The third-order valence-corrected chi connectivity index (χ3v) is 4.70. The Morgan fingerprint density at radius 1 is 1.44 bits per heavy atom. The van der Waals surface area contributed by atoms with Crippen LogP contribution < -0.4 is 5.32 Å². The van der Waals surface area contributed by atoms with Crippen LogP contribution in [-0.2, 0) is 4.79 Å². The Labute approximate surface area is 115 Å². The number of aliphatic hydroxyl groups is 1. The molecule has 106 valence electrons. The van der Waals surface area contributed by atoms with Gasteiger partial charge in [-0.15, -0.1) is 0 Å². The molecule has 1 aliphatic carbocycles. The first-order valence-corrected chi connectivity index (χ1v) is 8.09. The smallest absolute Gasteiger partial charge is 0.220 e. The number of carbonyl (C=O) groups is 1. The monoisotopic (exact) mass is 273 g/mol. The second-order valence-corrected chi connectivity index (χ2v) is 7.31. The summed E-state index contributed by atoms with van der Waals surface area (Å²) in [6.07, 6.45) is 4.39. The maximum Gasteiger partial charge on any atom is 0.220 e. The van der Waals surface area contributed by atoms with E-state index in [4.69, 9.17) is 0 Å². The van der Waals surface area contributed by atoms with Crippen LogP contribution in [0.1, 0.15) is 46.5 Å². The van der Waals surface area contributed by atoms with Gasteiger partial charge in [0.25, 0.3) is 0 Å². The number of nitrogens with one attached hydrogen (secondary N) is 1. The van der Waals surface area contributed by atoms with Gasteiger partial charge in [-0.05, 0) is 38.5 Å². The highest BCUT2D eigenvalue weighted by atomic mass is 32.2. The van der Waals surface area contributed by atoms with E-state index in [0.717, 1.165) is 11.7 Å². The fraction of sp³-hybridized carbons (Fsp3) is 0.929. The quantitative estimate of drug-likeness (QED) is 0.700. The van der Waals surface area contributed by atoms with E-state index >= 15 is 0 Å². The number of thioether (sulfide) groups is 1. The highest BCUT2D eigenvalue weighted by Gasteiger charge is 2.23. The summed E-state index contributed by atoms with van der Waals surface area (Å²) >= 11 is 1.68. The third kappa shape index (κ3) is 7.27. The molecule has 3 nitrogen and oxygen atoms in total. The Morgan fingerprint density at radius 2 is 2.17 bits per heavy atom. The first kappa shape index (κ1) is 15.8. The second-order valence-electron chi connectivity index (χ2n) is 6.20. The molecule has 18 heavy (non-hydrogen) atoms. The predicted octanol–water partition coefficient (Wildman–Crippen LogP) is 2.43. The summed E-state index contributed by atoms with van der Waals surface area (Å²) in [6.45, 7) is 6.59. The summed E-state index contributed by atoms with van der Waals surface area (Å²) in [5.74, 6) is 3.17. The summed E-state index contributed by atoms with van der Waals surface area (Å²) < 4.78 is 0. The Hall–Kier alpha value is -0.220. The first-order chi connectivity index (χ1) is 8.37. The topological polar surface area (TPSA) is 49.3 Å². The Bertz CT molecular complexity index is 263. The van der Waals surface area contributed by atoms with Crippen molar-refractivity contribution in [2.45, 2.75) is 52.1 Å². The minimum atomic E-state index is -0.616. The van der Waals surface area contributed by atoms with Gasteiger partial charge in [0.2, 0.25) is 5.91 Å². The maximum absolute atomic E-state index is 11.7. The molecule has 0 heterocycles. The fourth-order valence-electron chi connectivity index (χ4n) is 2.43. The van der Waals surface area contributed by atoms with Crippen LogP contribution in [0, 0.1) is 11.8 Å². The molecule has 0 aromatic heterocycles. The average molecular weight is 273 g/mol. The van der Waals surface area contributed by atoms with Crippen molar-refractivity contribution in [2.24, 2.45) is 11.8 Å². The molecule has 4 heteroatoms. The van der Waals surface area contributed by atoms with E-state index in [9.17, 15) is 9.90 Å². The number of hydrogen-bond donors (Lipinski definition) is 2. The normalized spacial score (nSPS) is 24.2. The molecule has 1 fully saturated rings. The van der Waals surface area contributed by atoms with Crippen LogP contribution in [0.4, 0.5) is 0 Å². The van der Waals surface area contributed by atoms with Crippen molar-refractivity contribution in [3.8, 4) is 0 Å². The van der Waals surface area contributed by atoms with Gasteiger partial charge >= 0.3 is 0 Å². The average Bonchev–Trinajstić information content (AvgIpc) is 2.61. The Morgan fingerprint density at radius 3 is 2.72 bits per heavy atom. The van der Waals surface area contributed by atoms with Gasteiger partial charge in [-0.2, -0.15) is 11.8 Å². The molecule has 0 aliphatic heterocycles. The highest BCUT2D eigenvalue weighted by Crippen LogP contribution is 2.32. The van der Waals surface area contributed by atoms with Crippen LogP contribution in [-0.4, -0.2) is 34.7 Å². The molecule has 2 unspecified atom stereocenters. The number of amides is 1. The van der Waals surface area contributed by atoms with Crippen molar-refractivity contribution in [3.05, 3.63) is 0 Å². The van der Waals surface area contributed by atoms with Crippen molar-refractivity contribution in [1.82, 2.24) is 5.32 Å². The molecule has 0 aromatic carbocycles. The third-order valence-electron chi connectivity index (χ3n) is 3.30. The largest absolute Gasteiger partial charge is 0.390 e. The Kier molecular flexibility index (Phi) is 6.50. The van der Waals surface area contributed by atoms with E-state index in [2.05, 4.69) is 12.2 Å². The number of carbonyl (C=O) groups excluding carboxylic acids is 1. The zero-order valence-electron chi connectivity index (χ0n) is 11.9. The SMILES string of the molecule is CC1CCC(CC(=O)NCCSCC(C)(C)O)C1. The minimum absolute atomic E-state index is 0.193. The van der Waals surface area contributed by atoms with Crippen molar-refractivity contribution in [1.29, 1.82) is 0 Å². The van der Waals surface area contributed by atoms with Crippen molar-refractivity contribution < 1.29 is 9.90 Å². The number of rotatable bonds is 7. The van der Waals surface area contributed by atoms with Gasteiger partial charge in [0.05, 0.1) is 5.60 Å². The van der Waals surface area contributed by atoms with Gasteiger partial charge in [-0.25, -0.2) is 0 Å². The minimum Gasteiger partial charge on any atom is -0.390 e. The molecule has 1 saturated carbocycles. The second kappa shape index (κ2) is 7.39. The molecular formula is C14H27NO2S. The summed E-state index contributed by atoms with van der Waals surface area (Å²) in [5.41, 5.74) is -0.616. The van der Waals surface area contributed by atoms with E-state index < -0.39 is 5.60 Å². The molecule has 0 aromatic rings. The number of hydrogen-bond acceptors (Lipinski definition) is 3. The standard InChI is InChI=1S/C14H27NO2S/c1-11-4-5-12(8-11)9-13(16)15-6-7-18-10-14(2,3)17/h11-12,17H,4-10H2,1-3H3,(H,15,16). The van der Waals surface area contributed by atoms with E-state index in [1.165, 1.54) is 19.3 Å².